The third-order valence-corrected chi connectivity index (χ3v) is 5.83. The second-order valence-corrected chi connectivity index (χ2v) is 7.87. The van der Waals surface area contributed by atoms with E-state index < -0.39 is 0 Å². The standard InChI is InChI=1S/C20H24N4O2S/c1-21-19-10-13(8-9-22-19)12-26-14-6-7-16-18(11-14)27-20(24-16)23-15-4-2-3-5-17(15)25/h6-11,15,17,25H,2-5,12H2,1H3,(H,21,22)(H,23,24)/t15-,17-/m0/s1. The second kappa shape index (κ2) is 8.10. The Bertz CT molecular complexity index is 914. The molecule has 0 aliphatic heterocycles. The Labute approximate surface area is 162 Å². The van der Waals surface area contributed by atoms with Crippen molar-refractivity contribution in [2.24, 2.45) is 0 Å². The van der Waals surface area contributed by atoms with Crippen LogP contribution in [0.3, 0.4) is 0 Å². The first-order valence-electron chi connectivity index (χ1n) is 9.32. The molecule has 4 rings (SSSR count). The number of benzene rings is 1. The van der Waals surface area contributed by atoms with Gasteiger partial charge in [-0.25, -0.2) is 9.97 Å². The Morgan fingerprint density at radius 2 is 2.11 bits per heavy atom. The zero-order valence-corrected chi connectivity index (χ0v) is 16.1. The van der Waals surface area contributed by atoms with Crippen molar-refractivity contribution >= 4 is 32.5 Å². The van der Waals surface area contributed by atoms with Gasteiger partial charge in [0.05, 0.1) is 22.4 Å². The molecule has 2 atom stereocenters. The van der Waals surface area contributed by atoms with Crippen LogP contribution in [-0.4, -0.2) is 34.3 Å². The molecule has 7 heteroatoms. The molecule has 3 N–H and O–H groups in total. The Morgan fingerprint density at radius 1 is 1.22 bits per heavy atom. The van der Waals surface area contributed by atoms with Gasteiger partial charge in [-0.2, -0.15) is 0 Å². The highest BCUT2D eigenvalue weighted by atomic mass is 32.1. The molecule has 6 nitrogen and oxygen atoms in total. The lowest BCUT2D eigenvalue weighted by molar-refractivity contribution is 0.116. The van der Waals surface area contributed by atoms with Crippen LogP contribution < -0.4 is 15.4 Å². The molecule has 0 saturated heterocycles. The highest BCUT2D eigenvalue weighted by Crippen LogP contribution is 2.31. The number of thiazole rings is 1. The lowest BCUT2D eigenvalue weighted by Crippen LogP contribution is -2.36. The maximum Gasteiger partial charge on any atom is 0.184 e. The number of nitrogens with zero attached hydrogens (tertiary/aromatic N) is 2. The van der Waals surface area contributed by atoms with Crippen LogP contribution in [0.1, 0.15) is 31.2 Å². The molecule has 27 heavy (non-hydrogen) atoms. The number of fused-ring (bicyclic) bond motifs is 1. The molecule has 1 aromatic carbocycles. The van der Waals surface area contributed by atoms with E-state index in [9.17, 15) is 5.11 Å². The van der Waals surface area contributed by atoms with Crippen molar-refractivity contribution in [1.29, 1.82) is 0 Å². The van der Waals surface area contributed by atoms with E-state index in [0.717, 1.165) is 58.2 Å². The SMILES string of the molecule is CNc1cc(COc2ccc3nc(N[C@H]4CCCC[C@@H]4O)sc3c2)ccn1. The molecule has 0 spiro atoms. The smallest absolute Gasteiger partial charge is 0.184 e. The van der Waals surface area contributed by atoms with Crippen LogP contribution in [0.2, 0.25) is 0 Å². The number of aromatic nitrogens is 2. The van der Waals surface area contributed by atoms with E-state index in [0.29, 0.717) is 6.61 Å². The molecule has 3 aromatic rings. The Morgan fingerprint density at radius 3 is 2.96 bits per heavy atom. The minimum Gasteiger partial charge on any atom is -0.489 e. The summed E-state index contributed by atoms with van der Waals surface area (Å²) in [5, 5.41) is 17.5. The van der Waals surface area contributed by atoms with Crippen molar-refractivity contribution in [3.05, 3.63) is 42.1 Å². The first-order valence-corrected chi connectivity index (χ1v) is 10.1. The van der Waals surface area contributed by atoms with Crippen molar-refractivity contribution in [3.63, 3.8) is 0 Å². The fourth-order valence-corrected chi connectivity index (χ4v) is 4.32. The van der Waals surface area contributed by atoms with Crippen LogP contribution in [-0.2, 0) is 6.61 Å². The molecule has 1 fully saturated rings. The zero-order valence-electron chi connectivity index (χ0n) is 15.3. The number of aliphatic hydroxyl groups excluding tert-OH is 1. The molecule has 1 saturated carbocycles. The summed E-state index contributed by atoms with van der Waals surface area (Å²) in [5.74, 6) is 1.65. The van der Waals surface area contributed by atoms with E-state index >= 15 is 0 Å². The third-order valence-electron chi connectivity index (χ3n) is 4.88. The number of hydrogen-bond donors (Lipinski definition) is 3. The summed E-state index contributed by atoms with van der Waals surface area (Å²) in [6.07, 6.45) is 5.60. The number of nitrogens with one attached hydrogen (secondary N) is 2. The van der Waals surface area contributed by atoms with E-state index in [4.69, 9.17) is 4.74 Å². The number of hydrogen-bond acceptors (Lipinski definition) is 7. The van der Waals surface area contributed by atoms with Gasteiger partial charge in [0.2, 0.25) is 0 Å². The van der Waals surface area contributed by atoms with E-state index in [-0.39, 0.29) is 12.1 Å². The third kappa shape index (κ3) is 4.31. The van der Waals surface area contributed by atoms with Gasteiger partial charge in [0.15, 0.2) is 5.13 Å². The largest absolute Gasteiger partial charge is 0.489 e. The highest BCUT2D eigenvalue weighted by molar-refractivity contribution is 7.22. The van der Waals surface area contributed by atoms with Crippen molar-refractivity contribution in [2.75, 3.05) is 17.7 Å². The first-order chi connectivity index (χ1) is 13.2. The molecule has 2 heterocycles. The molecule has 1 aliphatic rings. The molecule has 0 amide bonds. The number of pyridine rings is 1. The Hall–Kier alpha value is -2.38. The summed E-state index contributed by atoms with van der Waals surface area (Å²) in [6.45, 7) is 0.487. The van der Waals surface area contributed by atoms with Gasteiger partial charge in [-0.05, 0) is 48.7 Å². The van der Waals surface area contributed by atoms with Crippen LogP contribution in [0.15, 0.2) is 36.5 Å². The molecule has 1 aliphatic carbocycles. The minimum atomic E-state index is -0.285. The second-order valence-electron chi connectivity index (χ2n) is 6.84. The maximum atomic E-state index is 10.2. The average Bonchev–Trinajstić information content (AvgIpc) is 3.10. The highest BCUT2D eigenvalue weighted by Gasteiger charge is 2.23. The topological polar surface area (TPSA) is 79.3 Å². The predicted octanol–water partition coefficient (Wildman–Crippen LogP) is 4.03. The monoisotopic (exact) mass is 384 g/mol. The van der Waals surface area contributed by atoms with Crippen LogP contribution in [0, 0.1) is 0 Å². The van der Waals surface area contributed by atoms with E-state index in [1.165, 1.54) is 0 Å². The van der Waals surface area contributed by atoms with Crippen LogP contribution >= 0.6 is 11.3 Å². The average molecular weight is 385 g/mol. The molecule has 2 aromatic heterocycles. The van der Waals surface area contributed by atoms with Crippen molar-refractivity contribution in [2.45, 2.75) is 44.4 Å². The summed E-state index contributed by atoms with van der Waals surface area (Å²) in [7, 11) is 1.85. The fraction of sp³-hybridized carbons (Fsp3) is 0.400. The maximum absolute atomic E-state index is 10.2. The molecule has 142 valence electrons. The van der Waals surface area contributed by atoms with Gasteiger partial charge < -0.3 is 20.5 Å². The number of rotatable bonds is 6. The van der Waals surface area contributed by atoms with Gasteiger partial charge in [0.1, 0.15) is 18.2 Å². The fourth-order valence-electron chi connectivity index (χ4n) is 3.36. The Balaban J connectivity index is 1.44. The first kappa shape index (κ1) is 18.0. The summed E-state index contributed by atoms with van der Waals surface area (Å²) < 4.78 is 7.01. The summed E-state index contributed by atoms with van der Waals surface area (Å²) >= 11 is 1.60. The summed E-state index contributed by atoms with van der Waals surface area (Å²) in [5.41, 5.74) is 2.01. The molecule has 0 unspecified atom stereocenters. The van der Waals surface area contributed by atoms with Gasteiger partial charge in [-0.3, -0.25) is 0 Å². The predicted molar refractivity (Wildman–Crippen MR) is 110 cm³/mol. The van der Waals surface area contributed by atoms with E-state index in [1.807, 2.05) is 37.4 Å². The zero-order chi connectivity index (χ0) is 18.6. The van der Waals surface area contributed by atoms with Crippen LogP contribution in [0.4, 0.5) is 10.9 Å². The number of ether oxygens (including phenoxy) is 1. The lowest BCUT2D eigenvalue weighted by atomic mass is 9.93. The minimum absolute atomic E-state index is 0.100. The van der Waals surface area contributed by atoms with E-state index in [2.05, 4.69) is 20.6 Å². The summed E-state index contributed by atoms with van der Waals surface area (Å²) in [4.78, 5) is 8.86. The van der Waals surface area contributed by atoms with E-state index in [1.54, 1.807) is 17.5 Å². The van der Waals surface area contributed by atoms with Gasteiger partial charge in [0, 0.05) is 13.2 Å². The van der Waals surface area contributed by atoms with Crippen LogP contribution in [0.25, 0.3) is 10.2 Å². The molecule has 0 bridgehead atoms. The van der Waals surface area contributed by atoms with Gasteiger partial charge >= 0.3 is 0 Å². The number of anilines is 2. The summed E-state index contributed by atoms with van der Waals surface area (Å²) in [6, 6.07) is 9.97. The Kier molecular flexibility index (Phi) is 5.40. The van der Waals surface area contributed by atoms with Crippen molar-refractivity contribution < 1.29 is 9.84 Å². The van der Waals surface area contributed by atoms with Gasteiger partial charge in [0.25, 0.3) is 0 Å². The number of aliphatic hydroxyl groups is 1. The molecular weight excluding hydrogens is 360 g/mol. The molecular formula is C20H24N4O2S. The van der Waals surface area contributed by atoms with Crippen molar-refractivity contribution in [3.8, 4) is 5.75 Å². The van der Waals surface area contributed by atoms with Crippen LogP contribution in [0.5, 0.6) is 5.75 Å². The normalized spacial score (nSPS) is 19.8. The quantitative estimate of drug-likeness (QED) is 0.596. The van der Waals surface area contributed by atoms with Crippen molar-refractivity contribution in [1.82, 2.24) is 9.97 Å². The lowest BCUT2D eigenvalue weighted by Gasteiger charge is -2.27. The molecule has 0 radical (unpaired) electrons. The van der Waals surface area contributed by atoms with Gasteiger partial charge in [-0.15, -0.1) is 0 Å². The van der Waals surface area contributed by atoms with Gasteiger partial charge in [-0.1, -0.05) is 24.2 Å².